The van der Waals surface area contributed by atoms with Gasteiger partial charge in [-0.15, -0.1) is 11.3 Å². The van der Waals surface area contributed by atoms with Gasteiger partial charge in [0.1, 0.15) is 5.75 Å². The van der Waals surface area contributed by atoms with Gasteiger partial charge in [-0.1, -0.05) is 30.3 Å². The topological polar surface area (TPSA) is 53.1 Å². The lowest BCUT2D eigenvalue weighted by molar-refractivity contribution is 0.0747. The van der Waals surface area contributed by atoms with Crippen LogP contribution in [-0.4, -0.2) is 57.1 Å². The minimum absolute atomic E-state index is 0.0545. The number of hydrogen-bond acceptors (Lipinski definition) is 5. The molecular weight excluding hydrogens is 410 g/mol. The molecule has 3 aromatic rings. The van der Waals surface area contributed by atoms with Gasteiger partial charge in [0.25, 0.3) is 11.8 Å². The number of ether oxygens (including phenoxy) is 1. The van der Waals surface area contributed by atoms with Crippen molar-refractivity contribution in [1.82, 2.24) is 4.90 Å². The molecule has 2 aromatic carbocycles. The lowest BCUT2D eigenvalue weighted by Crippen LogP contribution is -2.49. The number of rotatable bonds is 5. The van der Waals surface area contributed by atoms with Crippen LogP contribution in [0.15, 0.2) is 66.0 Å². The van der Waals surface area contributed by atoms with Crippen molar-refractivity contribution in [3.63, 3.8) is 0 Å². The van der Waals surface area contributed by atoms with Gasteiger partial charge in [-0.05, 0) is 35.7 Å². The summed E-state index contributed by atoms with van der Waals surface area (Å²) < 4.78 is 5.48. The molecule has 1 aliphatic heterocycles. The van der Waals surface area contributed by atoms with Crippen molar-refractivity contribution in [2.75, 3.05) is 50.1 Å². The number of piperazine rings is 1. The van der Waals surface area contributed by atoms with E-state index in [0.29, 0.717) is 29.2 Å². The van der Waals surface area contributed by atoms with Crippen molar-refractivity contribution in [3.8, 4) is 5.75 Å². The SMILES string of the molecule is COc1ccccc1N1CCN(C(=O)c2ccccc2N(C)C(=O)c2cccs2)CC1. The highest BCUT2D eigenvalue weighted by atomic mass is 32.1. The third kappa shape index (κ3) is 4.27. The molecule has 0 aliphatic carbocycles. The molecule has 4 rings (SSSR count). The highest BCUT2D eigenvalue weighted by Gasteiger charge is 2.27. The summed E-state index contributed by atoms with van der Waals surface area (Å²) in [4.78, 5) is 32.5. The molecule has 160 valence electrons. The van der Waals surface area contributed by atoms with Crippen molar-refractivity contribution in [3.05, 3.63) is 76.5 Å². The van der Waals surface area contributed by atoms with E-state index in [1.165, 1.54) is 11.3 Å². The predicted molar refractivity (Wildman–Crippen MR) is 125 cm³/mol. The molecule has 2 heterocycles. The first kappa shape index (κ1) is 20.9. The molecule has 0 bridgehead atoms. The summed E-state index contributed by atoms with van der Waals surface area (Å²) in [6, 6.07) is 18.9. The van der Waals surface area contributed by atoms with Crippen LogP contribution in [0, 0.1) is 0 Å². The number of carbonyl (C=O) groups is 2. The number of amides is 2. The summed E-state index contributed by atoms with van der Waals surface area (Å²) >= 11 is 1.40. The van der Waals surface area contributed by atoms with Crippen LogP contribution in [0.25, 0.3) is 0 Å². The molecule has 1 fully saturated rings. The van der Waals surface area contributed by atoms with Gasteiger partial charge < -0.3 is 19.4 Å². The predicted octanol–water partition coefficient (Wildman–Crippen LogP) is 4.00. The Balaban J connectivity index is 1.49. The van der Waals surface area contributed by atoms with Gasteiger partial charge in [0.05, 0.1) is 28.9 Å². The highest BCUT2D eigenvalue weighted by Crippen LogP contribution is 2.29. The van der Waals surface area contributed by atoms with Crippen LogP contribution in [0.4, 0.5) is 11.4 Å². The fourth-order valence-electron chi connectivity index (χ4n) is 3.83. The van der Waals surface area contributed by atoms with Crippen molar-refractivity contribution in [1.29, 1.82) is 0 Å². The number of carbonyl (C=O) groups excluding carboxylic acids is 2. The molecule has 6 nitrogen and oxygen atoms in total. The first-order valence-corrected chi connectivity index (χ1v) is 11.1. The summed E-state index contributed by atoms with van der Waals surface area (Å²) in [6.07, 6.45) is 0. The van der Waals surface area contributed by atoms with Crippen LogP contribution >= 0.6 is 11.3 Å². The molecule has 2 amide bonds. The largest absolute Gasteiger partial charge is 0.495 e. The molecular formula is C24H25N3O3S. The molecule has 0 radical (unpaired) electrons. The van der Waals surface area contributed by atoms with Gasteiger partial charge in [0.15, 0.2) is 0 Å². The number of benzene rings is 2. The van der Waals surface area contributed by atoms with E-state index in [2.05, 4.69) is 4.90 Å². The Hall–Kier alpha value is -3.32. The van der Waals surface area contributed by atoms with E-state index in [-0.39, 0.29) is 11.8 Å². The number of thiophene rings is 1. The van der Waals surface area contributed by atoms with Gasteiger partial charge >= 0.3 is 0 Å². The van der Waals surface area contributed by atoms with Gasteiger partial charge in [-0.25, -0.2) is 0 Å². The lowest BCUT2D eigenvalue weighted by Gasteiger charge is -2.37. The van der Waals surface area contributed by atoms with Crippen LogP contribution in [0.1, 0.15) is 20.0 Å². The Bertz CT molecular complexity index is 1060. The summed E-state index contributed by atoms with van der Waals surface area (Å²) in [5.41, 5.74) is 2.21. The average Bonchev–Trinajstić information content (AvgIpc) is 3.38. The second-order valence-electron chi connectivity index (χ2n) is 7.31. The fourth-order valence-corrected chi connectivity index (χ4v) is 4.53. The van der Waals surface area contributed by atoms with Gasteiger partial charge in [0.2, 0.25) is 0 Å². The van der Waals surface area contributed by atoms with E-state index in [1.807, 2.05) is 58.8 Å². The Morgan fingerprint density at radius 1 is 0.935 bits per heavy atom. The van der Waals surface area contributed by atoms with Crippen LogP contribution in [0.3, 0.4) is 0 Å². The first-order chi connectivity index (χ1) is 15.1. The Morgan fingerprint density at radius 3 is 2.35 bits per heavy atom. The van der Waals surface area contributed by atoms with Gasteiger partial charge in [-0.3, -0.25) is 9.59 Å². The van der Waals surface area contributed by atoms with Crippen molar-refractivity contribution < 1.29 is 14.3 Å². The molecule has 0 atom stereocenters. The summed E-state index contributed by atoms with van der Waals surface area (Å²) in [5.74, 6) is 0.665. The van der Waals surface area contributed by atoms with Crippen LogP contribution in [-0.2, 0) is 0 Å². The normalized spacial score (nSPS) is 13.7. The first-order valence-electron chi connectivity index (χ1n) is 10.2. The standard InChI is InChI=1S/C24H25N3O3S/c1-25(24(29)22-12-7-17-31-22)19-9-4-3-8-18(19)23(28)27-15-13-26(14-16-27)20-10-5-6-11-21(20)30-2/h3-12,17H,13-16H2,1-2H3. The quantitative estimate of drug-likeness (QED) is 0.608. The van der Waals surface area contributed by atoms with Crippen molar-refractivity contribution >= 4 is 34.5 Å². The van der Waals surface area contributed by atoms with Crippen LogP contribution < -0.4 is 14.5 Å². The summed E-state index contributed by atoms with van der Waals surface area (Å²) in [6.45, 7) is 2.65. The van der Waals surface area contributed by atoms with E-state index in [1.54, 1.807) is 31.2 Å². The minimum atomic E-state index is -0.115. The monoisotopic (exact) mass is 435 g/mol. The molecule has 0 N–H and O–H groups in total. The second-order valence-corrected chi connectivity index (χ2v) is 8.26. The molecule has 7 heteroatoms. The zero-order valence-corrected chi connectivity index (χ0v) is 18.5. The van der Waals surface area contributed by atoms with Crippen molar-refractivity contribution in [2.45, 2.75) is 0 Å². The maximum Gasteiger partial charge on any atom is 0.268 e. The highest BCUT2D eigenvalue weighted by molar-refractivity contribution is 7.12. The number of nitrogens with zero attached hydrogens (tertiary/aromatic N) is 3. The van der Waals surface area contributed by atoms with E-state index < -0.39 is 0 Å². The Kier molecular flexibility index (Phi) is 6.23. The molecule has 31 heavy (non-hydrogen) atoms. The second kappa shape index (κ2) is 9.22. The van der Waals surface area contributed by atoms with Gasteiger partial charge in [0, 0.05) is 33.2 Å². The number of methoxy groups -OCH3 is 1. The van der Waals surface area contributed by atoms with Gasteiger partial charge in [-0.2, -0.15) is 0 Å². The Morgan fingerprint density at radius 2 is 1.65 bits per heavy atom. The molecule has 0 spiro atoms. The smallest absolute Gasteiger partial charge is 0.268 e. The van der Waals surface area contributed by atoms with E-state index in [0.717, 1.165) is 24.5 Å². The lowest BCUT2D eigenvalue weighted by atomic mass is 10.1. The minimum Gasteiger partial charge on any atom is -0.495 e. The van der Waals surface area contributed by atoms with E-state index in [9.17, 15) is 9.59 Å². The summed E-state index contributed by atoms with van der Waals surface area (Å²) in [5, 5.41) is 1.87. The molecule has 1 saturated heterocycles. The molecule has 1 aliphatic rings. The zero-order valence-electron chi connectivity index (χ0n) is 17.7. The number of para-hydroxylation sites is 3. The molecule has 1 aromatic heterocycles. The zero-order chi connectivity index (χ0) is 21.8. The fraction of sp³-hybridized carbons (Fsp3) is 0.250. The number of anilines is 2. The van der Waals surface area contributed by atoms with Crippen LogP contribution in [0.2, 0.25) is 0 Å². The average molecular weight is 436 g/mol. The Labute approximate surface area is 186 Å². The van der Waals surface area contributed by atoms with E-state index >= 15 is 0 Å². The maximum absolute atomic E-state index is 13.3. The summed E-state index contributed by atoms with van der Waals surface area (Å²) in [7, 11) is 3.39. The maximum atomic E-state index is 13.3. The van der Waals surface area contributed by atoms with Crippen molar-refractivity contribution in [2.24, 2.45) is 0 Å². The number of hydrogen-bond donors (Lipinski definition) is 0. The third-order valence-corrected chi connectivity index (χ3v) is 6.38. The molecule has 0 saturated carbocycles. The third-order valence-electron chi connectivity index (χ3n) is 5.53. The van der Waals surface area contributed by atoms with Crippen LogP contribution in [0.5, 0.6) is 5.75 Å². The van der Waals surface area contributed by atoms with E-state index in [4.69, 9.17) is 4.74 Å². The molecule has 0 unspecified atom stereocenters.